The highest BCUT2D eigenvalue weighted by Crippen LogP contribution is 2.28. The van der Waals surface area contributed by atoms with Gasteiger partial charge in [-0.1, -0.05) is 0 Å². The van der Waals surface area contributed by atoms with Crippen molar-refractivity contribution in [1.82, 2.24) is 0 Å². The van der Waals surface area contributed by atoms with Gasteiger partial charge in [0.25, 0.3) is 5.91 Å². The Morgan fingerprint density at radius 2 is 1.75 bits per heavy atom. The van der Waals surface area contributed by atoms with Gasteiger partial charge in [-0.15, -0.1) is 11.8 Å². The minimum absolute atomic E-state index is 0.0545. The third-order valence-corrected chi connectivity index (χ3v) is 5.03. The largest absolute Gasteiger partial charge is 0.376 e. The van der Waals surface area contributed by atoms with Gasteiger partial charge in [0.15, 0.2) is 0 Å². The molecule has 6 nitrogen and oxygen atoms in total. The predicted molar refractivity (Wildman–Crippen MR) is 98.3 cm³/mol. The van der Waals surface area contributed by atoms with Gasteiger partial charge in [0.1, 0.15) is 0 Å². The van der Waals surface area contributed by atoms with Gasteiger partial charge in [-0.25, -0.2) is 13.6 Å². The van der Waals surface area contributed by atoms with Crippen LogP contribution in [0, 0.1) is 0 Å². The second kappa shape index (κ2) is 7.25. The van der Waals surface area contributed by atoms with E-state index in [0.717, 1.165) is 4.90 Å². The molecule has 24 heavy (non-hydrogen) atoms. The highest BCUT2D eigenvalue weighted by atomic mass is 32.2. The summed E-state index contributed by atoms with van der Waals surface area (Å²) in [6, 6.07) is 11.5. The SMILES string of the molecule is CSc1ccc(C(=O)Nc2cc(S(N)(=O)=O)ccc2N(C)C)cc1. The van der Waals surface area contributed by atoms with Crippen molar-refractivity contribution in [2.45, 2.75) is 9.79 Å². The van der Waals surface area contributed by atoms with E-state index in [0.29, 0.717) is 16.9 Å². The van der Waals surface area contributed by atoms with Crippen molar-refractivity contribution < 1.29 is 13.2 Å². The quantitative estimate of drug-likeness (QED) is 0.794. The van der Waals surface area contributed by atoms with E-state index in [2.05, 4.69) is 5.32 Å². The third kappa shape index (κ3) is 4.28. The van der Waals surface area contributed by atoms with Gasteiger partial charge in [0.2, 0.25) is 10.0 Å². The molecule has 3 N–H and O–H groups in total. The highest BCUT2D eigenvalue weighted by Gasteiger charge is 2.15. The fraction of sp³-hybridized carbons (Fsp3) is 0.188. The van der Waals surface area contributed by atoms with Crippen LogP contribution < -0.4 is 15.4 Å². The first-order valence-electron chi connectivity index (χ1n) is 7.02. The van der Waals surface area contributed by atoms with E-state index in [1.807, 2.05) is 18.4 Å². The van der Waals surface area contributed by atoms with Gasteiger partial charge in [-0.3, -0.25) is 4.79 Å². The lowest BCUT2D eigenvalue weighted by Gasteiger charge is -2.19. The van der Waals surface area contributed by atoms with Crippen molar-refractivity contribution >= 4 is 39.1 Å². The van der Waals surface area contributed by atoms with Crippen LogP contribution in [0.15, 0.2) is 52.3 Å². The average molecular weight is 365 g/mol. The molecule has 0 heterocycles. The Balaban J connectivity index is 2.37. The Morgan fingerprint density at radius 3 is 2.25 bits per heavy atom. The lowest BCUT2D eigenvalue weighted by molar-refractivity contribution is 0.102. The first-order chi connectivity index (χ1) is 11.2. The van der Waals surface area contributed by atoms with E-state index in [1.54, 1.807) is 49.0 Å². The monoisotopic (exact) mass is 365 g/mol. The number of nitrogens with zero attached hydrogens (tertiary/aromatic N) is 1. The zero-order chi connectivity index (χ0) is 17.9. The Kier molecular flexibility index (Phi) is 5.53. The van der Waals surface area contributed by atoms with Crippen LogP contribution in [-0.4, -0.2) is 34.7 Å². The standard InChI is InChI=1S/C16H19N3O3S2/c1-19(2)15-9-8-13(24(17,21)22)10-14(15)18-16(20)11-4-6-12(23-3)7-5-11/h4-10H,1-3H3,(H,18,20)(H2,17,21,22). The molecule has 0 aliphatic carbocycles. The fourth-order valence-corrected chi connectivity index (χ4v) is 3.07. The van der Waals surface area contributed by atoms with Gasteiger partial charge in [-0.2, -0.15) is 0 Å². The molecule has 2 aromatic rings. The average Bonchev–Trinajstić information content (AvgIpc) is 2.53. The zero-order valence-electron chi connectivity index (χ0n) is 13.6. The molecule has 2 rings (SSSR count). The summed E-state index contributed by atoms with van der Waals surface area (Å²) in [5.41, 5.74) is 1.54. The summed E-state index contributed by atoms with van der Waals surface area (Å²) in [7, 11) is -0.249. The maximum atomic E-state index is 12.4. The summed E-state index contributed by atoms with van der Waals surface area (Å²) in [6.07, 6.45) is 1.96. The Labute approximate surface area is 146 Å². The first kappa shape index (κ1) is 18.3. The maximum absolute atomic E-state index is 12.4. The molecule has 8 heteroatoms. The third-order valence-electron chi connectivity index (χ3n) is 3.38. The summed E-state index contributed by atoms with van der Waals surface area (Å²) in [5, 5.41) is 7.92. The van der Waals surface area contributed by atoms with Gasteiger partial charge < -0.3 is 10.2 Å². The van der Waals surface area contributed by atoms with Crippen molar-refractivity contribution in [3.8, 4) is 0 Å². The predicted octanol–water partition coefficient (Wildman–Crippen LogP) is 2.37. The molecule has 128 valence electrons. The van der Waals surface area contributed by atoms with Crippen LogP contribution >= 0.6 is 11.8 Å². The number of nitrogens with two attached hydrogens (primary N) is 1. The molecule has 2 aromatic carbocycles. The molecule has 0 fully saturated rings. The summed E-state index contributed by atoms with van der Waals surface area (Å²) < 4.78 is 23.1. The number of anilines is 2. The molecular formula is C16H19N3O3S2. The van der Waals surface area contributed by atoms with Crippen LogP contribution in [0.25, 0.3) is 0 Å². The Bertz CT molecular complexity index is 847. The van der Waals surface area contributed by atoms with Crippen LogP contribution in [0.1, 0.15) is 10.4 Å². The van der Waals surface area contributed by atoms with Gasteiger partial charge >= 0.3 is 0 Å². The fourth-order valence-electron chi connectivity index (χ4n) is 2.12. The number of benzene rings is 2. The van der Waals surface area contributed by atoms with Crippen molar-refractivity contribution in [3.05, 3.63) is 48.0 Å². The molecule has 1 amide bonds. The van der Waals surface area contributed by atoms with Crippen molar-refractivity contribution in [3.63, 3.8) is 0 Å². The van der Waals surface area contributed by atoms with Gasteiger partial charge in [0.05, 0.1) is 16.3 Å². The summed E-state index contributed by atoms with van der Waals surface area (Å²) in [5.74, 6) is -0.322. The molecule has 0 aliphatic heterocycles. The Hall–Kier alpha value is -2.03. The zero-order valence-corrected chi connectivity index (χ0v) is 15.2. The summed E-state index contributed by atoms with van der Waals surface area (Å²) >= 11 is 1.59. The number of thioether (sulfide) groups is 1. The van der Waals surface area contributed by atoms with Crippen LogP contribution in [0.4, 0.5) is 11.4 Å². The topological polar surface area (TPSA) is 92.5 Å². The van der Waals surface area contributed by atoms with E-state index in [4.69, 9.17) is 5.14 Å². The number of hydrogen-bond donors (Lipinski definition) is 2. The minimum Gasteiger partial charge on any atom is -0.376 e. The number of carbonyl (C=O) groups is 1. The number of hydrogen-bond acceptors (Lipinski definition) is 5. The molecule has 0 saturated carbocycles. The van der Waals surface area contributed by atoms with E-state index in [1.165, 1.54) is 12.1 Å². The lowest BCUT2D eigenvalue weighted by Crippen LogP contribution is -2.18. The Morgan fingerprint density at radius 1 is 1.12 bits per heavy atom. The highest BCUT2D eigenvalue weighted by molar-refractivity contribution is 7.98. The molecule has 0 unspecified atom stereocenters. The second-order valence-electron chi connectivity index (χ2n) is 5.30. The van der Waals surface area contributed by atoms with Crippen molar-refractivity contribution in [1.29, 1.82) is 0 Å². The van der Waals surface area contributed by atoms with Crippen LogP contribution in [-0.2, 0) is 10.0 Å². The first-order valence-corrected chi connectivity index (χ1v) is 9.79. The molecule has 0 bridgehead atoms. The normalized spacial score (nSPS) is 11.2. The van der Waals surface area contributed by atoms with E-state index >= 15 is 0 Å². The lowest BCUT2D eigenvalue weighted by atomic mass is 10.2. The number of rotatable bonds is 5. The van der Waals surface area contributed by atoms with E-state index in [9.17, 15) is 13.2 Å². The second-order valence-corrected chi connectivity index (χ2v) is 7.74. The molecular weight excluding hydrogens is 346 g/mol. The summed E-state index contributed by atoms with van der Waals surface area (Å²) in [6.45, 7) is 0. The minimum atomic E-state index is -3.85. The number of amides is 1. The molecule has 0 atom stereocenters. The number of primary sulfonamides is 1. The molecule has 0 saturated heterocycles. The number of carbonyl (C=O) groups excluding carboxylic acids is 1. The van der Waals surface area contributed by atoms with Crippen LogP contribution in [0.3, 0.4) is 0 Å². The number of nitrogens with one attached hydrogen (secondary N) is 1. The van der Waals surface area contributed by atoms with Crippen molar-refractivity contribution in [2.24, 2.45) is 5.14 Å². The maximum Gasteiger partial charge on any atom is 0.255 e. The van der Waals surface area contributed by atoms with E-state index in [-0.39, 0.29) is 10.8 Å². The molecule has 0 aromatic heterocycles. The van der Waals surface area contributed by atoms with Crippen molar-refractivity contribution in [2.75, 3.05) is 30.6 Å². The molecule has 0 spiro atoms. The van der Waals surface area contributed by atoms with Crippen LogP contribution in [0.5, 0.6) is 0 Å². The smallest absolute Gasteiger partial charge is 0.255 e. The number of sulfonamides is 1. The molecule has 0 radical (unpaired) electrons. The van der Waals surface area contributed by atoms with Gasteiger partial charge in [-0.05, 0) is 48.7 Å². The van der Waals surface area contributed by atoms with E-state index < -0.39 is 10.0 Å². The summed E-state index contributed by atoms with van der Waals surface area (Å²) in [4.78, 5) is 15.2. The van der Waals surface area contributed by atoms with Gasteiger partial charge in [0, 0.05) is 24.6 Å². The van der Waals surface area contributed by atoms with Crippen LogP contribution in [0.2, 0.25) is 0 Å². The molecule has 0 aliphatic rings.